The normalized spacial score (nSPS) is 19.0. The highest BCUT2D eigenvalue weighted by molar-refractivity contribution is 5.89. The third kappa shape index (κ3) is 4.12. The maximum absolute atomic E-state index is 13.6. The SMILES string of the molecule is O=C(NCc1ccc(CN2CCCCC2)cc1)C1(c2cccc(F)c2)CCC1. The molecule has 4 heteroatoms. The molecule has 0 spiro atoms. The Hall–Kier alpha value is -2.20. The van der Waals surface area contributed by atoms with Gasteiger partial charge in [-0.3, -0.25) is 9.69 Å². The third-order valence-corrected chi connectivity index (χ3v) is 6.35. The van der Waals surface area contributed by atoms with Crippen LogP contribution in [0, 0.1) is 5.82 Å². The standard InChI is InChI=1S/C24H29FN2O/c25-22-7-4-6-21(16-22)24(12-5-13-24)23(28)26-17-19-8-10-20(11-9-19)18-27-14-2-1-3-15-27/h4,6-11,16H,1-3,5,12-15,17-18H2,(H,26,28). The zero-order valence-corrected chi connectivity index (χ0v) is 16.4. The molecule has 1 aliphatic heterocycles. The molecule has 2 aromatic rings. The Kier molecular flexibility index (Phi) is 5.77. The molecule has 1 saturated heterocycles. The number of halogens is 1. The average molecular weight is 381 g/mol. The van der Waals surface area contributed by atoms with Crippen molar-refractivity contribution in [2.24, 2.45) is 0 Å². The summed E-state index contributed by atoms with van der Waals surface area (Å²) in [5, 5.41) is 3.09. The van der Waals surface area contributed by atoms with Crippen LogP contribution in [0.15, 0.2) is 48.5 Å². The van der Waals surface area contributed by atoms with E-state index in [1.807, 2.05) is 6.07 Å². The summed E-state index contributed by atoms with van der Waals surface area (Å²) in [6.45, 7) is 3.91. The summed E-state index contributed by atoms with van der Waals surface area (Å²) in [6, 6.07) is 15.1. The smallest absolute Gasteiger partial charge is 0.230 e. The fraction of sp³-hybridized carbons (Fsp3) is 0.458. The third-order valence-electron chi connectivity index (χ3n) is 6.35. The molecule has 0 atom stereocenters. The van der Waals surface area contributed by atoms with Crippen LogP contribution in [-0.2, 0) is 23.3 Å². The predicted molar refractivity (Wildman–Crippen MR) is 109 cm³/mol. The minimum Gasteiger partial charge on any atom is -0.351 e. The van der Waals surface area contributed by atoms with Gasteiger partial charge in [0.1, 0.15) is 5.82 Å². The number of likely N-dealkylation sites (tertiary alicyclic amines) is 1. The Bertz CT molecular complexity index is 808. The Labute approximate surface area is 166 Å². The number of hydrogen-bond donors (Lipinski definition) is 1. The second-order valence-corrected chi connectivity index (χ2v) is 8.28. The lowest BCUT2D eigenvalue weighted by molar-refractivity contribution is -0.130. The maximum Gasteiger partial charge on any atom is 0.230 e. The molecular weight excluding hydrogens is 351 g/mol. The van der Waals surface area contributed by atoms with Gasteiger partial charge in [-0.1, -0.05) is 49.2 Å². The van der Waals surface area contributed by atoms with Gasteiger partial charge in [0, 0.05) is 13.1 Å². The van der Waals surface area contributed by atoms with Gasteiger partial charge in [0.15, 0.2) is 0 Å². The largest absolute Gasteiger partial charge is 0.351 e. The van der Waals surface area contributed by atoms with E-state index in [9.17, 15) is 9.18 Å². The van der Waals surface area contributed by atoms with E-state index in [2.05, 4.69) is 34.5 Å². The Morgan fingerprint density at radius 2 is 1.68 bits per heavy atom. The van der Waals surface area contributed by atoms with Crippen LogP contribution < -0.4 is 5.32 Å². The highest BCUT2D eigenvalue weighted by Crippen LogP contribution is 2.44. The first-order chi connectivity index (χ1) is 13.7. The van der Waals surface area contributed by atoms with Gasteiger partial charge in [-0.15, -0.1) is 0 Å². The van der Waals surface area contributed by atoms with E-state index in [4.69, 9.17) is 0 Å². The number of hydrogen-bond acceptors (Lipinski definition) is 2. The van der Waals surface area contributed by atoms with Crippen LogP contribution in [0.3, 0.4) is 0 Å². The van der Waals surface area contributed by atoms with Gasteiger partial charge in [0.2, 0.25) is 5.91 Å². The highest BCUT2D eigenvalue weighted by atomic mass is 19.1. The summed E-state index contributed by atoms with van der Waals surface area (Å²) in [4.78, 5) is 15.4. The monoisotopic (exact) mass is 380 g/mol. The lowest BCUT2D eigenvalue weighted by Gasteiger charge is -2.40. The lowest BCUT2D eigenvalue weighted by atomic mass is 9.64. The van der Waals surface area contributed by atoms with E-state index in [-0.39, 0.29) is 11.7 Å². The summed E-state index contributed by atoms with van der Waals surface area (Å²) in [5.74, 6) is -0.261. The van der Waals surface area contributed by atoms with Crippen molar-refractivity contribution in [2.75, 3.05) is 13.1 Å². The quantitative estimate of drug-likeness (QED) is 0.797. The zero-order valence-electron chi connectivity index (χ0n) is 16.4. The molecule has 0 radical (unpaired) electrons. The van der Waals surface area contributed by atoms with Gasteiger partial charge in [-0.05, 0) is 67.6 Å². The van der Waals surface area contributed by atoms with Crippen molar-refractivity contribution in [2.45, 2.75) is 57.0 Å². The summed E-state index contributed by atoms with van der Waals surface area (Å²) in [5.41, 5.74) is 2.67. The molecule has 2 aliphatic rings. The number of carbonyl (C=O) groups is 1. The van der Waals surface area contributed by atoms with Gasteiger partial charge in [-0.2, -0.15) is 0 Å². The first-order valence-corrected chi connectivity index (χ1v) is 10.5. The molecule has 3 nitrogen and oxygen atoms in total. The van der Waals surface area contributed by atoms with Crippen molar-refractivity contribution < 1.29 is 9.18 Å². The molecule has 1 aliphatic carbocycles. The van der Waals surface area contributed by atoms with Crippen LogP contribution >= 0.6 is 0 Å². The minimum atomic E-state index is -0.559. The number of nitrogens with one attached hydrogen (secondary N) is 1. The van der Waals surface area contributed by atoms with Crippen molar-refractivity contribution in [1.29, 1.82) is 0 Å². The Morgan fingerprint density at radius 3 is 2.32 bits per heavy atom. The molecule has 0 unspecified atom stereocenters. The lowest BCUT2D eigenvalue weighted by Crippen LogP contribution is -2.49. The molecule has 148 valence electrons. The number of nitrogens with zero attached hydrogens (tertiary/aromatic N) is 1. The summed E-state index contributed by atoms with van der Waals surface area (Å²) in [7, 11) is 0. The molecule has 1 heterocycles. The predicted octanol–water partition coefficient (Wildman–Crippen LogP) is 4.55. The van der Waals surface area contributed by atoms with E-state index < -0.39 is 5.41 Å². The van der Waals surface area contributed by atoms with Crippen LogP contribution in [0.1, 0.15) is 55.2 Å². The molecule has 0 bridgehead atoms. The average Bonchev–Trinajstić information content (AvgIpc) is 2.67. The van der Waals surface area contributed by atoms with E-state index in [1.165, 1.54) is 50.0 Å². The van der Waals surface area contributed by atoms with E-state index in [1.54, 1.807) is 6.07 Å². The molecule has 1 N–H and O–H groups in total. The first-order valence-electron chi connectivity index (χ1n) is 10.5. The molecule has 1 saturated carbocycles. The molecular formula is C24H29FN2O. The summed E-state index contributed by atoms with van der Waals surface area (Å²) < 4.78 is 13.6. The topological polar surface area (TPSA) is 32.3 Å². The minimum absolute atomic E-state index is 0.0155. The van der Waals surface area contributed by atoms with Gasteiger partial charge >= 0.3 is 0 Å². The van der Waals surface area contributed by atoms with Gasteiger partial charge in [0.05, 0.1) is 5.41 Å². The van der Waals surface area contributed by atoms with Gasteiger partial charge < -0.3 is 5.32 Å². The number of amides is 1. The molecule has 1 amide bonds. The highest BCUT2D eigenvalue weighted by Gasteiger charge is 2.45. The van der Waals surface area contributed by atoms with Crippen LogP contribution in [0.5, 0.6) is 0 Å². The number of rotatable bonds is 6. The number of carbonyl (C=O) groups excluding carboxylic acids is 1. The van der Waals surface area contributed by atoms with E-state index in [0.29, 0.717) is 6.54 Å². The van der Waals surface area contributed by atoms with Crippen LogP contribution in [-0.4, -0.2) is 23.9 Å². The Morgan fingerprint density at radius 1 is 0.964 bits per heavy atom. The first kappa shape index (κ1) is 19.1. The van der Waals surface area contributed by atoms with Crippen molar-refractivity contribution in [3.05, 3.63) is 71.0 Å². The zero-order chi connectivity index (χ0) is 19.4. The second-order valence-electron chi connectivity index (χ2n) is 8.28. The van der Waals surface area contributed by atoms with Crippen molar-refractivity contribution in [3.8, 4) is 0 Å². The van der Waals surface area contributed by atoms with Crippen LogP contribution in [0.2, 0.25) is 0 Å². The Balaban J connectivity index is 1.35. The molecule has 2 aromatic carbocycles. The molecule has 0 aromatic heterocycles. The van der Waals surface area contributed by atoms with Crippen molar-refractivity contribution in [3.63, 3.8) is 0 Å². The van der Waals surface area contributed by atoms with E-state index >= 15 is 0 Å². The fourth-order valence-corrected chi connectivity index (χ4v) is 4.45. The summed E-state index contributed by atoms with van der Waals surface area (Å²) in [6.07, 6.45) is 6.55. The second kappa shape index (κ2) is 8.44. The van der Waals surface area contributed by atoms with Crippen molar-refractivity contribution >= 4 is 5.91 Å². The maximum atomic E-state index is 13.6. The van der Waals surface area contributed by atoms with Gasteiger partial charge in [-0.25, -0.2) is 4.39 Å². The molecule has 2 fully saturated rings. The van der Waals surface area contributed by atoms with Crippen LogP contribution in [0.4, 0.5) is 4.39 Å². The van der Waals surface area contributed by atoms with Crippen LogP contribution in [0.25, 0.3) is 0 Å². The molecule has 28 heavy (non-hydrogen) atoms. The molecule has 4 rings (SSSR count). The fourth-order valence-electron chi connectivity index (χ4n) is 4.45. The van der Waals surface area contributed by atoms with Gasteiger partial charge in [0.25, 0.3) is 0 Å². The van der Waals surface area contributed by atoms with Crippen molar-refractivity contribution in [1.82, 2.24) is 10.2 Å². The number of piperidine rings is 1. The summed E-state index contributed by atoms with van der Waals surface area (Å²) >= 11 is 0. The van der Waals surface area contributed by atoms with E-state index in [0.717, 1.165) is 36.9 Å². The number of benzene rings is 2.